The Morgan fingerprint density at radius 2 is 1.13 bits per heavy atom. The van der Waals surface area contributed by atoms with E-state index in [9.17, 15) is 3.50 Å². The average Bonchev–Trinajstić information content (AvgIpc) is 3.09. The summed E-state index contributed by atoms with van der Waals surface area (Å²) in [5.74, 6) is 1.65. The number of halogens is 1. The van der Waals surface area contributed by atoms with E-state index in [4.69, 9.17) is 17.2 Å². The summed E-state index contributed by atoms with van der Waals surface area (Å²) in [6.07, 6.45) is 10.0. The van der Waals surface area contributed by atoms with Crippen LogP contribution in [0.2, 0.25) is 0 Å². The Labute approximate surface area is 172 Å². The molecule has 0 unspecified atom stereocenters. The molecule has 0 bridgehead atoms. The Morgan fingerprint density at radius 3 is 1.17 bits per heavy atom. The summed E-state index contributed by atoms with van der Waals surface area (Å²) in [4.78, 5) is 0. The summed E-state index contributed by atoms with van der Waals surface area (Å²) in [6.45, 7) is 13.9. The van der Waals surface area contributed by atoms with Gasteiger partial charge in [-0.1, -0.05) is 59.3 Å². The first-order valence-corrected chi connectivity index (χ1v) is 8.86. The van der Waals surface area contributed by atoms with Crippen molar-refractivity contribution in [3.63, 3.8) is 0 Å². The second-order valence-electron chi connectivity index (χ2n) is 5.80. The maximum atomic E-state index is 9.62. The molecule has 0 aromatic carbocycles. The minimum absolute atomic E-state index is 0. The molecule has 1 radical (unpaired) electrons. The zero-order valence-corrected chi connectivity index (χ0v) is 21.3. The molecular formula is C17H37FGeN3Zr. The molecule has 0 aliphatic heterocycles. The van der Waals surface area contributed by atoms with Gasteiger partial charge in [0.2, 0.25) is 0 Å². The van der Waals surface area contributed by atoms with Crippen LogP contribution in [0, 0.1) is 23.8 Å². The fourth-order valence-electron chi connectivity index (χ4n) is 0.340. The molecule has 0 aromatic heterocycles. The maximum Gasteiger partial charge on any atom is 4.00 e. The third kappa shape index (κ3) is 71.0. The second kappa shape index (κ2) is 34.1. The molecule has 0 fully saturated rings. The number of nitrogens with one attached hydrogen (secondary N) is 3. The SMILES string of the molecule is CC(C)C[NH-].CC(C)C[NH-].CC(C)C[NH-].[C-]1=CC=CC1.[F][GeH2].[Zr+4]. The molecule has 0 heterocycles. The Balaban J connectivity index is -0.0000000595. The van der Waals surface area contributed by atoms with E-state index in [0.29, 0.717) is 37.4 Å². The van der Waals surface area contributed by atoms with E-state index in [1.165, 1.54) is 0 Å². The maximum absolute atomic E-state index is 9.62. The van der Waals surface area contributed by atoms with Crippen LogP contribution in [0.15, 0.2) is 18.2 Å². The molecular weight excluding hydrogens is 429 g/mol. The molecule has 1 aliphatic carbocycles. The fourth-order valence-corrected chi connectivity index (χ4v) is 0.340. The monoisotopic (exact) mass is 466 g/mol. The first kappa shape index (κ1) is 34.9. The van der Waals surface area contributed by atoms with Crippen molar-refractivity contribution in [2.75, 3.05) is 19.6 Å². The minimum atomic E-state index is -0.125. The van der Waals surface area contributed by atoms with E-state index in [-0.39, 0.29) is 43.2 Å². The molecule has 0 saturated heterocycles. The minimum Gasteiger partial charge on any atom is 4.00 e. The molecule has 0 saturated carbocycles. The molecule has 135 valence electrons. The van der Waals surface area contributed by atoms with Crippen LogP contribution in [0.5, 0.6) is 0 Å². The van der Waals surface area contributed by atoms with Gasteiger partial charge in [-0.15, -0.1) is 26.1 Å². The predicted molar refractivity (Wildman–Crippen MR) is 103 cm³/mol. The van der Waals surface area contributed by atoms with E-state index in [1.54, 1.807) is 0 Å². The fraction of sp³-hybridized carbons (Fsp3) is 0.765. The van der Waals surface area contributed by atoms with Gasteiger partial charge in [-0.2, -0.15) is 6.08 Å². The number of hydrogen-bond acceptors (Lipinski definition) is 0. The van der Waals surface area contributed by atoms with Crippen LogP contribution in [0.25, 0.3) is 17.2 Å². The summed E-state index contributed by atoms with van der Waals surface area (Å²) >= 11 is -0.125. The summed E-state index contributed by atoms with van der Waals surface area (Å²) < 4.78 is 9.62. The van der Waals surface area contributed by atoms with Crippen LogP contribution in [-0.2, 0) is 26.2 Å². The molecule has 1 aliphatic rings. The topological polar surface area (TPSA) is 71.4 Å². The van der Waals surface area contributed by atoms with Crippen LogP contribution in [-0.4, -0.2) is 36.6 Å². The summed E-state index contributed by atoms with van der Waals surface area (Å²) in [5.41, 5.74) is 20.0. The van der Waals surface area contributed by atoms with Gasteiger partial charge in [-0.25, -0.2) is 12.2 Å². The molecule has 3 nitrogen and oxygen atoms in total. The van der Waals surface area contributed by atoms with Crippen LogP contribution >= 0.6 is 0 Å². The summed E-state index contributed by atoms with van der Waals surface area (Å²) in [7, 11) is 0. The molecule has 1 rings (SSSR count). The van der Waals surface area contributed by atoms with Crippen LogP contribution in [0.3, 0.4) is 0 Å². The van der Waals surface area contributed by atoms with Gasteiger partial charge in [-0.05, 0) is 0 Å². The quantitative estimate of drug-likeness (QED) is 0.368. The van der Waals surface area contributed by atoms with Crippen molar-refractivity contribution in [3.8, 4) is 0 Å². The molecule has 0 atom stereocenters. The Hall–Kier alpha value is 0.716. The van der Waals surface area contributed by atoms with Gasteiger partial charge in [0.1, 0.15) is 0 Å². The van der Waals surface area contributed by atoms with Crippen molar-refractivity contribution in [2.45, 2.75) is 48.0 Å². The van der Waals surface area contributed by atoms with Crippen LogP contribution in [0.4, 0.5) is 3.50 Å². The first-order chi connectivity index (χ1) is 10.3. The van der Waals surface area contributed by atoms with Crippen molar-refractivity contribution >= 4 is 17.0 Å². The van der Waals surface area contributed by atoms with E-state index in [0.717, 1.165) is 6.42 Å². The van der Waals surface area contributed by atoms with Gasteiger partial charge in [0.05, 0.1) is 0 Å². The summed E-state index contributed by atoms with van der Waals surface area (Å²) in [5, 5.41) is 0. The standard InChI is InChI=1S/C5H5.3C4H10N.FGeH2.Zr/c1-2-4-5-3-1;3*1-4(2)3-5;1-2;/h1-3H,4H2;3*4-5H,3H2,1-2H3;2H2;/q4*-1;;+4. The largest absolute Gasteiger partial charge is 4.00 e. The van der Waals surface area contributed by atoms with Crippen LogP contribution < -0.4 is 0 Å². The number of rotatable bonds is 3. The first-order valence-electron chi connectivity index (χ1n) is 7.73. The van der Waals surface area contributed by atoms with E-state index >= 15 is 0 Å². The molecule has 6 heteroatoms. The van der Waals surface area contributed by atoms with E-state index in [2.05, 4.69) is 12.2 Å². The average molecular weight is 466 g/mol. The molecule has 3 N–H and O–H groups in total. The molecule has 0 amide bonds. The summed E-state index contributed by atoms with van der Waals surface area (Å²) in [6, 6.07) is 0. The third-order valence-electron chi connectivity index (χ3n) is 1.81. The van der Waals surface area contributed by atoms with Crippen LogP contribution in [0.1, 0.15) is 48.0 Å². The molecule has 23 heavy (non-hydrogen) atoms. The van der Waals surface area contributed by atoms with E-state index < -0.39 is 0 Å². The van der Waals surface area contributed by atoms with Crippen molar-refractivity contribution < 1.29 is 29.7 Å². The molecule has 0 spiro atoms. The molecule has 0 aromatic rings. The Bertz CT molecular complexity index is 195. The van der Waals surface area contributed by atoms with Gasteiger partial charge >= 0.3 is 46.7 Å². The van der Waals surface area contributed by atoms with Crippen molar-refractivity contribution in [2.24, 2.45) is 17.8 Å². The van der Waals surface area contributed by atoms with E-state index in [1.807, 2.05) is 53.7 Å². The predicted octanol–water partition coefficient (Wildman–Crippen LogP) is 5.89. The Morgan fingerprint density at radius 1 is 0.870 bits per heavy atom. The van der Waals surface area contributed by atoms with Gasteiger partial charge in [0, 0.05) is 0 Å². The zero-order valence-electron chi connectivity index (χ0n) is 15.9. The number of hydrogen-bond donors (Lipinski definition) is 0. The van der Waals surface area contributed by atoms with Gasteiger partial charge in [0.25, 0.3) is 0 Å². The third-order valence-corrected chi connectivity index (χ3v) is 1.81. The normalized spacial score (nSPS) is 10.3. The van der Waals surface area contributed by atoms with Crippen molar-refractivity contribution in [1.82, 2.24) is 0 Å². The van der Waals surface area contributed by atoms with Gasteiger partial charge < -0.3 is 17.2 Å². The van der Waals surface area contributed by atoms with Gasteiger partial charge in [0.15, 0.2) is 0 Å². The zero-order chi connectivity index (χ0) is 18.4. The Kier molecular flexibility index (Phi) is 51.8. The van der Waals surface area contributed by atoms with Crippen molar-refractivity contribution in [1.29, 1.82) is 0 Å². The van der Waals surface area contributed by atoms with Crippen molar-refractivity contribution in [3.05, 3.63) is 41.5 Å². The second-order valence-corrected chi connectivity index (χ2v) is 5.80. The smallest absolute Gasteiger partial charge is 4.00 e. The van der Waals surface area contributed by atoms with Gasteiger partial charge in [-0.3, -0.25) is 6.08 Å². The number of allylic oxidation sites excluding steroid dienone is 4.